The third-order valence-corrected chi connectivity index (χ3v) is 4.14. The number of β-amino-alcohol motifs (C(OH)–C–C–N with tert-alkyl or cyclic N) is 1. The highest BCUT2D eigenvalue weighted by molar-refractivity contribution is 9.11. The van der Waals surface area contributed by atoms with Crippen LogP contribution in [0.5, 0.6) is 0 Å². The molecule has 1 saturated heterocycles. The second-order valence-corrected chi connectivity index (χ2v) is 6.10. The predicted molar refractivity (Wildman–Crippen MR) is 74.9 cm³/mol. The van der Waals surface area contributed by atoms with Crippen LogP contribution in [0.2, 0.25) is 0 Å². The molecule has 0 aromatic heterocycles. The number of nitrogens with zero attached hydrogens (tertiary/aromatic N) is 1. The van der Waals surface area contributed by atoms with Crippen molar-refractivity contribution in [2.75, 3.05) is 6.54 Å². The summed E-state index contributed by atoms with van der Waals surface area (Å²) in [4.78, 5) is 24.6. The number of hydrogen-bond donors (Lipinski definition) is 2. The first-order valence-electron chi connectivity index (χ1n) is 5.57. The highest BCUT2D eigenvalue weighted by atomic mass is 79.9. The Morgan fingerprint density at radius 3 is 2.58 bits per heavy atom. The van der Waals surface area contributed by atoms with Crippen molar-refractivity contribution in [1.82, 2.24) is 4.90 Å². The number of carbonyl (C=O) groups is 2. The van der Waals surface area contributed by atoms with E-state index in [-0.39, 0.29) is 13.0 Å². The lowest BCUT2D eigenvalue weighted by Gasteiger charge is -2.21. The van der Waals surface area contributed by atoms with Gasteiger partial charge in [0.15, 0.2) is 0 Å². The Bertz CT molecular complexity index is 534. The van der Waals surface area contributed by atoms with Crippen molar-refractivity contribution in [2.24, 2.45) is 0 Å². The third kappa shape index (κ3) is 2.98. The van der Waals surface area contributed by atoms with Gasteiger partial charge in [-0.1, -0.05) is 15.9 Å². The number of halogens is 2. The zero-order valence-electron chi connectivity index (χ0n) is 9.72. The molecule has 19 heavy (non-hydrogen) atoms. The highest BCUT2D eigenvalue weighted by Crippen LogP contribution is 2.26. The number of likely N-dealkylation sites (tertiary alicyclic amines) is 1. The predicted octanol–water partition coefficient (Wildman–Crippen LogP) is 1.87. The summed E-state index contributed by atoms with van der Waals surface area (Å²) < 4.78 is 1.39. The second-order valence-electron chi connectivity index (χ2n) is 4.33. The average Bonchev–Trinajstić information content (AvgIpc) is 2.70. The molecule has 5 nitrogen and oxygen atoms in total. The Morgan fingerprint density at radius 1 is 1.32 bits per heavy atom. The molecule has 1 aliphatic rings. The molecule has 7 heteroatoms. The van der Waals surface area contributed by atoms with Crippen molar-refractivity contribution in [3.63, 3.8) is 0 Å². The van der Waals surface area contributed by atoms with Gasteiger partial charge in [-0.15, -0.1) is 0 Å². The maximum absolute atomic E-state index is 12.3. The van der Waals surface area contributed by atoms with Gasteiger partial charge in [-0.25, -0.2) is 4.79 Å². The number of aliphatic hydroxyl groups is 1. The Labute approximate surface area is 126 Å². The Morgan fingerprint density at radius 2 is 2.00 bits per heavy atom. The Hall–Kier alpha value is -0.920. The lowest BCUT2D eigenvalue weighted by Crippen LogP contribution is -2.40. The quantitative estimate of drug-likeness (QED) is 0.805. The van der Waals surface area contributed by atoms with Crippen LogP contribution in [0.4, 0.5) is 0 Å². The molecule has 0 spiro atoms. The number of benzene rings is 1. The van der Waals surface area contributed by atoms with Gasteiger partial charge in [-0.3, -0.25) is 4.79 Å². The minimum Gasteiger partial charge on any atom is -0.480 e. The summed E-state index contributed by atoms with van der Waals surface area (Å²) in [6.45, 7) is 0.0400. The minimum absolute atomic E-state index is 0.0400. The fourth-order valence-corrected chi connectivity index (χ4v) is 3.31. The molecule has 0 aliphatic carbocycles. The molecule has 1 fully saturated rings. The first kappa shape index (κ1) is 14.5. The number of rotatable bonds is 2. The average molecular weight is 393 g/mol. The number of aliphatic hydroxyl groups excluding tert-OH is 1. The standard InChI is InChI=1S/C12H11Br2NO4/c13-6-1-2-8(9(14)3-6)11(17)15-5-7(16)4-10(15)12(18)19/h1-3,7,10,16H,4-5H2,(H,18,19). The monoisotopic (exact) mass is 391 g/mol. The number of carboxylic acid groups (broad SMARTS) is 1. The fourth-order valence-electron chi connectivity index (χ4n) is 2.09. The first-order valence-corrected chi connectivity index (χ1v) is 7.15. The Kier molecular flexibility index (Phi) is 4.27. The maximum Gasteiger partial charge on any atom is 0.326 e. The fraction of sp³-hybridized carbons (Fsp3) is 0.333. The maximum atomic E-state index is 12.3. The molecule has 2 unspecified atom stereocenters. The lowest BCUT2D eigenvalue weighted by molar-refractivity contribution is -0.141. The van der Waals surface area contributed by atoms with Crippen molar-refractivity contribution >= 4 is 43.7 Å². The molecule has 0 radical (unpaired) electrons. The molecule has 2 N–H and O–H groups in total. The number of carboxylic acids is 1. The second kappa shape index (κ2) is 5.60. The summed E-state index contributed by atoms with van der Waals surface area (Å²) in [5, 5.41) is 18.6. The van der Waals surface area contributed by atoms with E-state index in [0.29, 0.717) is 10.0 Å². The normalized spacial score (nSPS) is 22.6. The van der Waals surface area contributed by atoms with E-state index >= 15 is 0 Å². The van der Waals surface area contributed by atoms with Crippen LogP contribution < -0.4 is 0 Å². The van der Waals surface area contributed by atoms with Crippen LogP contribution in [0.3, 0.4) is 0 Å². The van der Waals surface area contributed by atoms with Gasteiger partial charge in [0.2, 0.25) is 0 Å². The summed E-state index contributed by atoms with van der Waals surface area (Å²) in [6, 6.07) is 4.06. The van der Waals surface area contributed by atoms with Crippen LogP contribution in [0, 0.1) is 0 Å². The van der Waals surface area contributed by atoms with Gasteiger partial charge in [-0.05, 0) is 34.1 Å². The molecule has 1 aliphatic heterocycles. The molecule has 1 aromatic rings. The number of aliphatic carboxylic acids is 1. The molecule has 1 amide bonds. The zero-order chi connectivity index (χ0) is 14.2. The minimum atomic E-state index is -1.10. The molecule has 2 atom stereocenters. The largest absolute Gasteiger partial charge is 0.480 e. The number of carbonyl (C=O) groups excluding carboxylic acids is 1. The topological polar surface area (TPSA) is 77.8 Å². The number of hydrogen-bond acceptors (Lipinski definition) is 3. The van der Waals surface area contributed by atoms with Crippen LogP contribution in [-0.4, -0.2) is 45.7 Å². The van der Waals surface area contributed by atoms with Crippen molar-refractivity contribution in [1.29, 1.82) is 0 Å². The van der Waals surface area contributed by atoms with Crippen molar-refractivity contribution < 1.29 is 19.8 Å². The van der Waals surface area contributed by atoms with Gasteiger partial charge in [-0.2, -0.15) is 0 Å². The molecule has 0 saturated carbocycles. The summed E-state index contributed by atoms with van der Waals surface area (Å²) in [5.74, 6) is -1.50. The van der Waals surface area contributed by atoms with E-state index in [4.69, 9.17) is 5.11 Å². The van der Waals surface area contributed by atoms with Gasteiger partial charge in [0.05, 0.1) is 11.7 Å². The van der Waals surface area contributed by atoms with E-state index in [0.717, 1.165) is 4.47 Å². The third-order valence-electron chi connectivity index (χ3n) is 2.99. The first-order chi connectivity index (χ1) is 8.90. The summed E-state index contributed by atoms with van der Waals surface area (Å²) in [6.07, 6.45) is -0.728. The van der Waals surface area contributed by atoms with E-state index < -0.39 is 24.0 Å². The van der Waals surface area contributed by atoms with E-state index in [9.17, 15) is 14.7 Å². The van der Waals surface area contributed by atoms with Crippen LogP contribution in [-0.2, 0) is 4.79 Å². The molecule has 1 heterocycles. The van der Waals surface area contributed by atoms with E-state index in [1.807, 2.05) is 0 Å². The van der Waals surface area contributed by atoms with E-state index in [2.05, 4.69) is 31.9 Å². The highest BCUT2D eigenvalue weighted by Gasteiger charge is 2.39. The van der Waals surface area contributed by atoms with Crippen LogP contribution >= 0.6 is 31.9 Å². The molecular formula is C12H11Br2NO4. The lowest BCUT2D eigenvalue weighted by atomic mass is 10.1. The Balaban J connectivity index is 2.30. The van der Waals surface area contributed by atoms with Gasteiger partial charge >= 0.3 is 5.97 Å². The van der Waals surface area contributed by atoms with Crippen LogP contribution in [0.25, 0.3) is 0 Å². The SMILES string of the molecule is O=C(O)C1CC(O)CN1C(=O)c1ccc(Br)cc1Br. The smallest absolute Gasteiger partial charge is 0.326 e. The zero-order valence-corrected chi connectivity index (χ0v) is 12.9. The van der Waals surface area contributed by atoms with Crippen LogP contribution in [0.1, 0.15) is 16.8 Å². The van der Waals surface area contributed by atoms with E-state index in [1.54, 1.807) is 18.2 Å². The van der Waals surface area contributed by atoms with Crippen molar-refractivity contribution in [2.45, 2.75) is 18.6 Å². The van der Waals surface area contributed by atoms with Crippen molar-refractivity contribution in [3.8, 4) is 0 Å². The van der Waals surface area contributed by atoms with Gasteiger partial charge < -0.3 is 15.1 Å². The molecule has 0 bridgehead atoms. The summed E-state index contributed by atoms with van der Waals surface area (Å²) in [7, 11) is 0. The van der Waals surface area contributed by atoms with Gasteiger partial charge in [0, 0.05) is 21.9 Å². The molecule has 2 rings (SSSR count). The van der Waals surface area contributed by atoms with Gasteiger partial charge in [0.25, 0.3) is 5.91 Å². The molecular weight excluding hydrogens is 382 g/mol. The van der Waals surface area contributed by atoms with Gasteiger partial charge in [0.1, 0.15) is 6.04 Å². The van der Waals surface area contributed by atoms with E-state index in [1.165, 1.54) is 4.90 Å². The van der Waals surface area contributed by atoms with Crippen molar-refractivity contribution in [3.05, 3.63) is 32.7 Å². The number of amides is 1. The molecule has 102 valence electrons. The molecule has 1 aromatic carbocycles. The summed E-state index contributed by atoms with van der Waals surface area (Å²) >= 11 is 6.56. The summed E-state index contributed by atoms with van der Waals surface area (Å²) in [5.41, 5.74) is 0.378. The van der Waals surface area contributed by atoms with Crippen LogP contribution in [0.15, 0.2) is 27.1 Å².